The molecule has 5 rings (SSSR count). The molecular weight excluding hydrogens is 396 g/mol. The summed E-state index contributed by atoms with van der Waals surface area (Å²) in [4.78, 5) is 25.9. The van der Waals surface area contributed by atoms with Gasteiger partial charge in [0.2, 0.25) is 0 Å². The molecule has 8 heteroatoms. The molecule has 0 fully saturated rings. The molecule has 0 aliphatic carbocycles. The van der Waals surface area contributed by atoms with Crippen LogP contribution in [0.5, 0.6) is 0 Å². The number of furan rings is 1. The first kappa shape index (κ1) is 18.8. The van der Waals surface area contributed by atoms with Gasteiger partial charge in [-0.15, -0.1) is 0 Å². The van der Waals surface area contributed by atoms with Crippen LogP contribution in [-0.4, -0.2) is 27.2 Å². The van der Waals surface area contributed by atoms with Gasteiger partial charge in [0.15, 0.2) is 5.76 Å². The van der Waals surface area contributed by atoms with Gasteiger partial charge in [0, 0.05) is 24.9 Å². The molecule has 0 saturated carbocycles. The lowest BCUT2D eigenvalue weighted by Gasteiger charge is -2.16. The Hall–Kier alpha value is -4.20. The molecule has 154 valence electrons. The molecule has 31 heavy (non-hydrogen) atoms. The summed E-state index contributed by atoms with van der Waals surface area (Å²) in [6, 6.07) is 17.7. The normalized spacial score (nSPS) is 12.7. The highest BCUT2D eigenvalue weighted by Gasteiger charge is 2.31. The molecule has 1 amide bonds. The fraction of sp³-hybridized carbons (Fsp3) is 0.130. The number of non-ortho nitro benzene ring substituents is 1. The zero-order valence-corrected chi connectivity index (χ0v) is 16.7. The third-order valence-electron chi connectivity index (χ3n) is 5.36. The molecule has 0 N–H and O–H groups in total. The minimum Gasteiger partial charge on any atom is -0.460 e. The van der Waals surface area contributed by atoms with E-state index in [0.29, 0.717) is 41.4 Å². The van der Waals surface area contributed by atoms with Crippen LogP contribution in [0.1, 0.15) is 21.7 Å². The highest BCUT2D eigenvalue weighted by Crippen LogP contribution is 2.34. The quantitative estimate of drug-likeness (QED) is 0.361. The molecule has 0 saturated heterocycles. The van der Waals surface area contributed by atoms with E-state index in [1.807, 2.05) is 43.3 Å². The van der Waals surface area contributed by atoms with Crippen LogP contribution in [0, 0.1) is 17.0 Å². The smallest absolute Gasteiger partial charge is 0.271 e. The lowest BCUT2D eigenvalue weighted by atomic mass is 10.1. The standard InChI is InChI=1S/C23H18N4O4/c1-15-7-10-21(31-15)22-19(14-26(24-22)17-5-3-2-4-6-17)23(28)25-12-11-16-8-9-18(27(29)30)13-20(16)25/h2-10,13-14H,11-12H2,1H3. The molecule has 0 atom stereocenters. The number of amides is 1. The Morgan fingerprint density at radius 2 is 1.94 bits per heavy atom. The fourth-order valence-corrected chi connectivity index (χ4v) is 3.82. The number of carbonyl (C=O) groups is 1. The van der Waals surface area contributed by atoms with Crippen molar-refractivity contribution in [2.24, 2.45) is 0 Å². The number of aromatic nitrogens is 2. The Balaban J connectivity index is 1.60. The van der Waals surface area contributed by atoms with Crippen molar-refractivity contribution in [3.8, 4) is 17.1 Å². The highest BCUT2D eigenvalue weighted by molar-refractivity contribution is 6.10. The van der Waals surface area contributed by atoms with Crippen molar-refractivity contribution in [2.75, 3.05) is 11.4 Å². The maximum atomic E-state index is 13.6. The summed E-state index contributed by atoms with van der Waals surface area (Å²) in [5, 5.41) is 15.9. The maximum Gasteiger partial charge on any atom is 0.271 e. The third-order valence-corrected chi connectivity index (χ3v) is 5.36. The first-order chi connectivity index (χ1) is 15.0. The van der Waals surface area contributed by atoms with E-state index < -0.39 is 4.92 Å². The largest absolute Gasteiger partial charge is 0.460 e. The van der Waals surface area contributed by atoms with Crippen molar-refractivity contribution in [1.82, 2.24) is 9.78 Å². The molecule has 1 aliphatic rings. The average Bonchev–Trinajstić information content (AvgIpc) is 3.51. The van der Waals surface area contributed by atoms with Gasteiger partial charge in [0.05, 0.1) is 21.9 Å². The van der Waals surface area contributed by atoms with Gasteiger partial charge in [0.25, 0.3) is 11.6 Å². The van der Waals surface area contributed by atoms with Crippen LogP contribution in [-0.2, 0) is 6.42 Å². The zero-order chi connectivity index (χ0) is 21.5. The fourth-order valence-electron chi connectivity index (χ4n) is 3.82. The highest BCUT2D eigenvalue weighted by atomic mass is 16.6. The van der Waals surface area contributed by atoms with Gasteiger partial charge >= 0.3 is 0 Å². The second kappa shape index (κ2) is 7.24. The third kappa shape index (κ3) is 3.28. The van der Waals surface area contributed by atoms with Gasteiger partial charge in [-0.2, -0.15) is 5.10 Å². The van der Waals surface area contributed by atoms with Crippen LogP contribution < -0.4 is 4.90 Å². The van der Waals surface area contributed by atoms with Crippen molar-refractivity contribution in [3.05, 3.63) is 93.9 Å². The molecule has 1 aliphatic heterocycles. The number of nitro groups is 1. The van der Waals surface area contributed by atoms with Gasteiger partial charge < -0.3 is 9.32 Å². The molecule has 2 aromatic carbocycles. The topological polar surface area (TPSA) is 94.4 Å². The number of anilines is 1. The minimum absolute atomic E-state index is 0.0414. The number of nitrogens with zero attached hydrogens (tertiary/aromatic N) is 4. The minimum atomic E-state index is -0.453. The molecule has 0 unspecified atom stereocenters. The lowest BCUT2D eigenvalue weighted by molar-refractivity contribution is -0.384. The van der Waals surface area contributed by atoms with E-state index in [0.717, 1.165) is 11.3 Å². The number of para-hydroxylation sites is 1. The number of benzene rings is 2. The lowest BCUT2D eigenvalue weighted by Crippen LogP contribution is -2.29. The summed E-state index contributed by atoms with van der Waals surface area (Å²) >= 11 is 0. The Kier molecular flexibility index (Phi) is 4.39. The average molecular weight is 414 g/mol. The van der Waals surface area contributed by atoms with E-state index in [9.17, 15) is 14.9 Å². The molecule has 8 nitrogen and oxygen atoms in total. The second-order valence-electron chi connectivity index (χ2n) is 7.36. The summed E-state index contributed by atoms with van der Waals surface area (Å²) < 4.78 is 7.40. The van der Waals surface area contributed by atoms with Crippen LogP contribution in [0.2, 0.25) is 0 Å². The molecule has 3 heterocycles. The summed E-state index contributed by atoms with van der Waals surface area (Å²) in [6.07, 6.45) is 2.32. The van der Waals surface area contributed by atoms with Gasteiger partial charge in [0.1, 0.15) is 11.5 Å². The number of nitro benzene ring substituents is 1. The summed E-state index contributed by atoms with van der Waals surface area (Å²) in [6.45, 7) is 2.28. The van der Waals surface area contributed by atoms with Crippen molar-refractivity contribution < 1.29 is 14.1 Å². The maximum absolute atomic E-state index is 13.6. The molecule has 0 bridgehead atoms. The SMILES string of the molecule is Cc1ccc(-c2nn(-c3ccccc3)cc2C(=O)N2CCc3ccc([N+](=O)[O-])cc32)o1. The Labute approximate surface area is 177 Å². The van der Waals surface area contributed by atoms with Crippen LogP contribution in [0.15, 0.2) is 71.3 Å². The number of fused-ring (bicyclic) bond motifs is 1. The molecule has 2 aromatic heterocycles. The first-order valence-corrected chi connectivity index (χ1v) is 9.82. The van der Waals surface area contributed by atoms with E-state index in [1.165, 1.54) is 12.1 Å². The van der Waals surface area contributed by atoms with E-state index in [4.69, 9.17) is 4.42 Å². The number of carbonyl (C=O) groups excluding carboxylic acids is 1. The monoisotopic (exact) mass is 414 g/mol. The summed E-state index contributed by atoms with van der Waals surface area (Å²) in [5.41, 5.74) is 3.04. The second-order valence-corrected chi connectivity index (χ2v) is 7.36. The van der Waals surface area contributed by atoms with E-state index in [-0.39, 0.29) is 11.6 Å². The van der Waals surface area contributed by atoms with Crippen molar-refractivity contribution in [2.45, 2.75) is 13.3 Å². The predicted octanol–water partition coefficient (Wildman–Crippen LogP) is 4.55. The first-order valence-electron chi connectivity index (χ1n) is 9.82. The van der Waals surface area contributed by atoms with Gasteiger partial charge in [-0.05, 0) is 43.2 Å². The van der Waals surface area contributed by atoms with Gasteiger partial charge in [-0.25, -0.2) is 4.68 Å². The zero-order valence-electron chi connectivity index (χ0n) is 16.7. The Morgan fingerprint density at radius 3 is 2.65 bits per heavy atom. The number of aryl methyl sites for hydroxylation is 1. The number of rotatable bonds is 4. The molecule has 0 radical (unpaired) electrons. The van der Waals surface area contributed by atoms with Crippen molar-refractivity contribution in [3.63, 3.8) is 0 Å². The van der Waals surface area contributed by atoms with Crippen LogP contribution in [0.4, 0.5) is 11.4 Å². The number of hydrogen-bond acceptors (Lipinski definition) is 5. The van der Waals surface area contributed by atoms with E-state index in [2.05, 4.69) is 5.10 Å². The van der Waals surface area contributed by atoms with E-state index in [1.54, 1.807) is 27.9 Å². The molecule has 4 aromatic rings. The molecule has 0 spiro atoms. The van der Waals surface area contributed by atoms with Crippen molar-refractivity contribution in [1.29, 1.82) is 0 Å². The number of hydrogen-bond donors (Lipinski definition) is 0. The van der Waals surface area contributed by atoms with Crippen LogP contribution in [0.25, 0.3) is 17.1 Å². The summed E-state index contributed by atoms with van der Waals surface area (Å²) in [7, 11) is 0. The van der Waals surface area contributed by atoms with Crippen LogP contribution >= 0.6 is 0 Å². The van der Waals surface area contributed by atoms with Gasteiger partial charge in [-0.3, -0.25) is 14.9 Å². The Bertz CT molecular complexity index is 1310. The summed E-state index contributed by atoms with van der Waals surface area (Å²) in [5.74, 6) is 0.935. The van der Waals surface area contributed by atoms with Crippen LogP contribution in [0.3, 0.4) is 0 Å². The van der Waals surface area contributed by atoms with Gasteiger partial charge in [-0.1, -0.05) is 24.3 Å². The van der Waals surface area contributed by atoms with E-state index >= 15 is 0 Å². The molecular formula is C23H18N4O4. The Morgan fingerprint density at radius 1 is 1.13 bits per heavy atom. The van der Waals surface area contributed by atoms with Crippen molar-refractivity contribution >= 4 is 17.3 Å². The predicted molar refractivity (Wildman–Crippen MR) is 114 cm³/mol.